The lowest BCUT2D eigenvalue weighted by molar-refractivity contribution is -0.134. The molecule has 1 aliphatic rings. The lowest BCUT2D eigenvalue weighted by Gasteiger charge is -2.34. The van der Waals surface area contributed by atoms with Crippen molar-refractivity contribution in [3.63, 3.8) is 0 Å². The summed E-state index contributed by atoms with van der Waals surface area (Å²) in [5.41, 5.74) is 10.0. The Balaban J connectivity index is 0.00000133. The van der Waals surface area contributed by atoms with Gasteiger partial charge in [-0.1, -0.05) is 37.6 Å². The summed E-state index contributed by atoms with van der Waals surface area (Å²) in [7, 11) is 1.66. The molecule has 0 unspecified atom stereocenters. The third kappa shape index (κ3) is 10.5. The van der Waals surface area contributed by atoms with Crippen LogP contribution in [-0.2, 0) is 22.6 Å². The molecule has 1 aliphatic heterocycles. The molecule has 1 aromatic heterocycles. The molecule has 4 aromatic rings. The second kappa shape index (κ2) is 17.8. The van der Waals surface area contributed by atoms with Crippen LogP contribution in [0.1, 0.15) is 38.3 Å². The van der Waals surface area contributed by atoms with E-state index in [0.29, 0.717) is 53.3 Å². The number of urea groups is 1. The third-order valence-electron chi connectivity index (χ3n) is 7.83. The first kappa shape index (κ1) is 37.4. The topological polar surface area (TPSA) is 166 Å². The fraction of sp³-hybridized carbons (Fsp3) is 0.306. The van der Waals surface area contributed by atoms with Crippen LogP contribution in [0.25, 0.3) is 0 Å². The molecule has 5 rings (SSSR count). The first-order valence-electron chi connectivity index (χ1n) is 16.2. The summed E-state index contributed by atoms with van der Waals surface area (Å²) in [6, 6.07) is 19.8. The molecule has 13 nitrogen and oxygen atoms in total. The van der Waals surface area contributed by atoms with Crippen molar-refractivity contribution in [1.82, 2.24) is 14.9 Å². The SMILES string of the molecule is CC(=O)O.CCN(CC)CCOc1ccc(Nc2ncc3c(n2)N(C)C(=O)N(c2cc(NC(=O)CCc4ccc(N)cc4)ccc2Cl)C3)cc1. The Hall–Kier alpha value is -5.40. The highest BCUT2D eigenvalue weighted by Crippen LogP contribution is 2.35. The van der Waals surface area contributed by atoms with E-state index < -0.39 is 5.97 Å². The largest absolute Gasteiger partial charge is 0.492 e. The number of likely N-dealkylation sites (N-methyl/N-ethyl adjacent to an activating group) is 1. The second-order valence-corrected chi connectivity index (χ2v) is 11.9. The maximum absolute atomic E-state index is 13.5. The molecular formula is C36H43ClN8O5. The normalized spacial score (nSPS) is 12.2. The number of ether oxygens (including phenoxy) is 1. The zero-order valence-electron chi connectivity index (χ0n) is 28.6. The Bertz CT molecular complexity index is 1760. The quantitative estimate of drug-likeness (QED) is 0.114. The number of nitrogen functional groups attached to an aromatic ring is 1. The van der Waals surface area contributed by atoms with Crippen molar-refractivity contribution in [1.29, 1.82) is 0 Å². The average molecular weight is 703 g/mol. The number of carboxylic acid groups (broad SMARTS) is 1. The van der Waals surface area contributed by atoms with Gasteiger partial charge in [-0.2, -0.15) is 4.98 Å². The molecule has 3 aromatic carbocycles. The summed E-state index contributed by atoms with van der Waals surface area (Å²) in [5, 5.41) is 13.9. The smallest absolute Gasteiger partial charge is 0.330 e. The molecule has 0 fully saturated rings. The molecule has 0 atom stereocenters. The number of carboxylic acids is 1. The molecule has 0 aliphatic carbocycles. The van der Waals surface area contributed by atoms with E-state index >= 15 is 0 Å². The van der Waals surface area contributed by atoms with E-state index in [-0.39, 0.29) is 18.5 Å². The highest BCUT2D eigenvalue weighted by molar-refractivity contribution is 6.34. The minimum absolute atomic E-state index is 0.150. The molecule has 264 valence electrons. The van der Waals surface area contributed by atoms with Crippen LogP contribution in [-0.4, -0.2) is 71.2 Å². The van der Waals surface area contributed by atoms with Crippen LogP contribution < -0.4 is 30.9 Å². The van der Waals surface area contributed by atoms with Gasteiger partial charge in [-0.25, -0.2) is 9.78 Å². The maximum Gasteiger partial charge on any atom is 0.330 e. The number of benzene rings is 3. The molecule has 0 saturated heterocycles. The van der Waals surface area contributed by atoms with E-state index in [2.05, 4.69) is 39.3 Å². The van der Waals surface area contributed by atoms with Gasteiger partial charge in [0.25, 0.3) is 5.97 Å². The molecule has 0 spiro atoms. The van der Waals surface area contributed by atoms with Crippen molar-refractivity contribution in [3.8, 4) is 5.75 Å². The number of rotatable bonds is 13. The molecular weight excluding hydrogens is 660 g/mol. The van der Waals surface area contributed by atoms with Crippen molar-refractivity contribution in [3.05, 3.63) is 89.1 Å². The first-order chi connectivity index (χ1) is 24.0. The number of amides is 3. The molecule has 50 heavy (non-hydrogen) atoms. The van der Waals surface area contributed by atoms with Gasteiger partial charge in [0.2, 0.25) is 11.9 Å². The number of hydrogen-bond donors (Lipinski definition) is 4. The number of carbonyl (C=O) groups excluding carboxylic acids is 2. The van der Waals surface area contributed by atoms with Gasteiger partial charge in [0.1, 0.15) is 18.2 Å². The average Bonchev–Trinajstić information content (AvgIpc) is 3.09. The number of aromatic nitrogens is 2. The van der Waals surface area contributed by atoms with Crippen LogP contribution in [0.5, 0.6) is 5.75 Å². The predicted octanol–water partition coefficient (Wildman–Crippen LogP) is 6.42. The zero-order valence-corrected chi connectivity index (χ0v) is 29.4. The van der Waals surface area contributed by atoms with Gasteiger partial charge in [-0.3, -0.25) is 19.4 Å². The monoisotopic (exact) mass is 702 g/mol. The van der Waals surface area contributed by atoms with Gasteiger partial charge < -0.3 is 31.1 Å². The third-order valence-corrected chi connectivity index (χ3v) is 8.15. The lowest BCUT2D eigenvalue weighted by atomic mass is 10.1. The number of nitrogens with one attached hydrogen (secondary N) is 2. The Kier molecular flexibility index (Phi) is 13.3. The molecule has 0 saturated carbocycles. The van der Waals surface area contributed by atoms with Crippen LogP contribution in [0.15, 0.2) is 72.9 Å². The van der Waals surface area contributed by atoms with E-state index in [1.165, 1.54) is 4.90 Å². The highest BCUT2D eigenvalue weighted by Gasteiger charge is 2.32. The summed E-state index contributed by atoms with van der Waals surface area (Å²) >= 11 is 6.55. The number of fused-ring (bicyclic) bond motifs is 1. The number of nitrogens with two attached hydrogens (primary N) is 1. The second-order valence-electron chi connectivity index (χ2n) is 11.5. The van der Waals surface area contributed by atoms with Gasteiger partial charge in [0.05, 0.1) is 17.3 Å². The van der Waals surface area contributed by atoms with E-state index in [0.717, 1.165) is 49.1 Å². The highest BCUT2D eigenvalue weighted by atomic mass is 35.5. The standard InChI is InChI=1S/C34H39ClN8O3.C2H4O2/c1-4-42(5-2)18-19-46-28-14-11-26(12-15-28)39-33-37-21-24-22-43(34(45)41(3)32(24)40-33)30-20-27(13-16-29(30)35)38-31(44)17-8-23-6-9-25(36)10-7-23;1-2(3)4/h6-7,9-16,20-21H,4-5,8,17-19,22,36H2,1-3H3,(H,38,44)(H,37,39,40);1H3,(H,3,4). The van der Waals surface area contributed by atoms with Crippen LogP contribution in [0.3, 0.4) is 0 Å². The minimum Gasteiger partial charge on any atom is -0.492 e. The molecule has 0 radical (unpaired) electrons. The zero-order chi connectivity index (χ0) is 36.2. The summed E-state index contributed by atoms with van der Waals surface area (Å²) in [6.07, 6.45) is 2.57. The summed E-state index contributed by atoms with van der Waals surface area (Å²) < 4.78 is 5.87. The summed E-state index contributed by atoms with van der Waals surface area (Å²) in [5.74, 6) is 0.667. The lowest BCUT2D eigenvalue weighted by Crippen LogP contribution is -2.46. The molecule has 5 N–H and O–H groups in total. The molecule has 14 heteroatoms. The number of hydrogen-bond acceptors (Lipinski definition) is 9. The Morgan fingerprint density at radius 1 is 1.04 bits per heavy atom. The Morgan fingerprint density at radius 2 is 1.70 bits per heavy atom. The Labute approximate surface area is 297 Å². The van der Waals surface area contributed by atoms with E-state index in [1.807, 2.05) is 48.5 Å². The fourth-order valence-corrected chi connectivity index (χ4v) is 5.34. The van der Waals surface area contributed by atoms with Crippen molar-refractivity contribution < 1.29 is 24.2 Å². The molecule has 3 amide bonds. The van der Waals surface area contributed by atoms with E-state index in [4.69, 9.17) is 32.0 Å². The van der Waals surface area contributed by atoms with E-state index in [1.54, 1.807) is 36.3 Å². The van der Waals surface area contributed by atoms with Gasteiger partial charge in [0, 0.05) is 55.8 Å². The maximum atomic E-state index is 13.5. The molecule has 2 heterocycles. The summed E-state index contributed by atoms with van der Waals surface area (Å²) in [6.45, 7) is 9.06. The van der Waals surface area contributed by atoms with Crippen molar-refractivity contribution >= 4 is 64.0 Å². The van der Waals surface area contributed by atoms with Crippen LogP contribution in [0.4, 0.5) is 39.3 Å². The number of aliphatic carboxylic acids is 1. The summed E-state index contributed by atoms with van der Waals surface area (Å²) in [4.78, 5) is 49.7. The van der Waals surface area contributed by atoms with Crippen molar-refractivity contribution in [2.45, 2.75) is 40.2 Å². The first-order valence-corrected chi connectivity index (χ1v) is 16.6. The fourth-order valence-electron chi connectivity index (χ4n) is 5.12. The van der Waals surface area contributed by atoms with Crippen LogP contribution >= 0.6 is 11.6 Å². The van der Waals surface area contributed by atoms with Crippen LogP contribution in [0.2, 0.25) is 5.02 Å². The van der Waals surface area contributed by atoms with E-state index in [9.17, 15) is 9.59 Å². The molecule has 0 bridgehead atoms. The minimum atomic E-state index is -0.833. The number of aryl methyl sites for hydroxylation is 1. The Morgan fingerprint density at radius 3 is 2.36 bits per heavy atom. The number of anilines is 6. The van der Waals surface area contributed by atoms with Gasteiger partial charge in [0.15, 0.2) is 0 Å². The van der Waals surface area contributed by atoms with Gasteiger partial charge in [-0.15, -0.1) is 0 Å². The van der Waals surface area contributed by atoms with Gasteiger partial charge in [-0.05, 0) is 79.7 Å². The van der Waals surface area contributed by atoms with Crippen molar-refractivity contribution in [2.24, 2.45) is 0 Å². The number of halogens is 1. The van der Waals surface area contributed by atoms with Gasteiger partial charge >= 0.3 is 6.03 Å². The number of nitrogens with zero attached hydrogens (tertiary/aromatic N) is 5. The predicted molar refractivity (Wildman–Crippen MR) is 198 cm³/mol. The van der Waals surface area contributed by atoms with Crippen molar-refractivity contribution in [2.75, 3.05) is 59.5 Å². The number of carbonyl (C=O) groups is 3. The van der Waals surface area contributed by atoms with Crippen LogP contribution in [0, 0.1) is 0 Å².